The summed E-state index contributed by atoms with van der Waals surface area (Å²) in [5.41, 5.74) is 2.00. The Labute approximate surface area is 271 Å². The summed E-state index contributed by atoms with van der Waals surface area (Å²) >= 11 is 0. The van der Waals surface area contributed by atoms with Gasteiger partial charge in [-0.3, -0.25) is 14.4 Å². The lowest BCUT2D eigenvalue weighted by molar-refractivity contribution is -0.144. The molecule has 1 saturated heterocycles. The van der Waals surface area contributed by atoms with Crippen LogP contribution in [0.4, 0.5) is 5.69 Å². The number of anilines is 1. The second-order valence-corrected chi connectivity index (χ2v) is 13.3. The molecule has 12 nitrogen and oxygen atoms in total. The topological polar surface area (TPSA) is 152 Å². The lowest BCUT2D eigenvalue weighted by Gasteiger charge is -2.32. The number of hydrogen-bond acceptors (Lipinski definition) is 9. The van der Waals surface area contributed by atoms with Crippen LogP contribution < -0.4 is 14.4 Å². The van der Waals surface area contributed by atoms with Crippen LogP contribution in [0.2, 0.25) is 0 Å². The predicted octanol–water partition coefficient (Wildman–Crippen LogP) is 3.01. The standard InChI is InChI=1S/C33H45N3O9S/c1-3-4-14-34-33(40)26-8-12-31(30(21-26)43-2)46(41,42)36(23-38)29-11-5-24(13-17-37)20-28(29)25-6-9-27(10-7-25)45-19-16-35-15-18-44-22-32(35)39/h5,8,11-12,20-21,23,25,27,37H,3-4,6-7,9-10,13-19,22H2,1-2H3,(H,34,40). The molecule has 1 heterocycles. The molecule has 0 spiro atoms. The SMILES string of the molecule is CCCCNC(=O)c1ccc(S(=O)(=O)N(C=O)c2ccc(CCO)cc2C2CCC(OCCN3CCOCC3=O)CC2)c(OC)c1. The van der Waals surface area contributed by atoms with Gasteiger partial charge in [0, 0.05) is 31.8 Å². The van der Waals surface area contributed by atoms with Crippen molar-refractivity contribution in [1.29, 1.82) is 0 Å². The number of unbranched alkanes of at least 4 members (excludes halogenated alkanes) is 1. The van der Waals surface area contributed by atoms with Crippen molar-refractivity contribution in [2.45, 2.75) is 68.8 Å². The van der Waals surface area contributed by atoms with E-state index in [-0.39, 0.29) is 65.4 Å². The Bertz CT molecular complexity index is 1460. The molecule has 2 aromatic carbocycles. The summed E-state index contributed by atoms with van der Waals surface area (Å²) in [6.07, 6.45) is 5.27. The number of benzene rings is 2. The smallest absolute Gasteiger partial charge is 0.274 e. The molecule has 2 aliphatic rings. The number of rotatable bonds is 16. The van der Waals surface area contributed by atoms with E-state index < -0.39 is 10.0 Å². The Hall–Kier alpha value is -3.52. The van der Waals surface area contributed by atoms with E-state index in [1.165, 1.54) is 25.3 Å². The summed E-state index contributed by atoms with van der Waals surface area (Å²) in [6.45, 7) is 4.56. The largest absolute Gasteiger partial charge is 0.495 e. The van der Waals surface area contributed by atoms with Crippen LogP contribution in [-0.2, 0) is 35.5 Å². The molecule has 1 saturated carbocycles. The molecule has 4 rings (SSSR count). The third-order valence-corrected chi connectivity index (χ3v) is 10.2. The van der Waals surface area contributed by atoms with E-state index in [1.807, 2.05) is 13.0 Å². The fraction of sp³-hybridized carbons (Fsp3) is 0.545. The minimum absolute atomic E-state index is 0.00400. The number of aliphatic hydroxyl groups is 1. The normalized spacial score (nSPS) is 18.7. The molecule has 252 valence electrons. The summed E-state index contributed by atoms with van der Waals surface area (Å²) in [7, 11) is -3.13. The van der Waals surface area contributed by atoms with Gasteiger partial charge in [0.15, 0.2) is 0 Å². The van der Waals surface area contributed by atoms with Gasteiger partial charge in [0.05, 0.1) is 32.1 Å². The van der Waals surface area contributed by atoms with Crippen molar-refractivity contribution in [3.05, 3.63) is 53.1 Å². The van der Waals surface area contributed by atoms with E-state index in [2.05, 4.69) is 5.32 Å². The number of nitrogens with one attached hydrogen (secondary N) is 1. The molecule has 0 bridgehead atoms. The van der Waals surface area contributed by atoms with Crippen molar-refractivity contribution in [2.24, 2.45) is 0 Å². The first-order chi connectivity index (χ1) is 22.2. The van der Waals surface area contributed by atoms with Crippen LogP contribution in [0.1, 0.15) is 72.9 Å². The fourth-order valence-corrected chi connectivity index (χ4v) is 7.31. The molecule has 46 heavy (non-hydrogen) atoms. The molecule has 0 radical (unpaired) electrons. The number of hydrogen-bond donors (Lipinski definition) is 2. The van der Waals surface area contributed by atoms with Crippen molar-refractivity contribution < 1.29 is 42.1 Å². The van der Waals surface area contributed by atoms with Gasteiger partial charge in [-0.05, 0) is 79.8 Å². The van der Waals surface area contributed by atoms with Crippen molar-refractivity contribution in [2.75, 3.05) is 57.5 Å². The Morgan fingerprint density at radius 3 is 2.63 bits per heavy atom. The maximum Gasteiger partial charge on any atom is 0.274 e. The van der Waals surface area contributed by atoms with Gasteiger partial charge in [0.2, 0.25) is 12.3 Å². The molecule has 1 aliphatic carbocycles. The molecule has 1 aliphatic heterocycles. The highest BCUT2D eigenvalue weighted by Crippen LogP contribution is 2.41. The minimum Gasteiger partial charge on any atom is -0.495 e. The molecule has 3 amide bonds. The monoisotopic (exact) mass is 659 g/mol. The highest BCUT2D eigenvalue weighted by Gasteiger charge is 2.33. The van der Waals surface area contributed by atoms with Crippen molar-refractivity contribution in [1.82, 2.24) is 10.2 Å². The Balaban J connectivity index is 1.53. The Kier molecular flexibility index (Phi) is 13.0. The number of sulfonamides is 1. The van der Waals surface area contributed by atoms with Crippen LogP contribution in [0.5, 0.6) is 5.75 Å². The van der Waals surface area contributed by atoms with Crippen LogP contribution >= 0.6 is 0 Å². The van der Waals surface area contributed by atoms with Gasteiger partial charge in [-0.15, -0.1) is 0 Å². The number of carbonyl (C=O) groups excluding carboxylic acids is 3. The molecule has 0 atom stereocenters. The van der Waals surface area contributed by atoms with E-state index in [0.717, 1.165) is 35.6 Å². The van der Waals surface area contributed by atoms with Crippen LogP contribution in [0.3, 0.4) is 0 Å². The number of aliphatic hydroxyl groups excluding tert-OH is 1. The summed E-state index contributed by atoms with van der Waals surface area (Å²) in [6, 6.07) is 9.24. The summed E-state index contributed by atoms with van der Waals surface area (Å²) < 4.78 is 45.4. The van der Waals surface area contributed by atoms with Crippen molar-refractivity contribution >= 4 is 33.9 Å². The zero-order valence-electron chi connectivity index (χ0n) is 26.6. The molecule has 0 unspecified atom stereocenters. The molecule has 2 N–H and O–H groups in total. The zero-order valence-corrected chi connectivity index (χ0v) is 27.4. The number of methoxy groups -OCH3 is 1. The number of carbonyl (C=O) groups is 3. The molecule has 13 heteroatoms. The summed E-state index contributed by atoms with van der Waals surface area (Å²) in [5.74, 6) is -0.489. The maximum absolute atomic E-state index is 14.0. The average molecular weight is 660 g/mol. The van der Waals surface area contributed by atoms with Crippen LogP contribution in [-0.4, -0.2) is 95.9 Å². The molecule has 2 fully saturated rings. The summed E-state index contributed by atoms with van der Waals surface area (Å²) in [5, 5.41) is 12.4. The van der Waals surface area contributed by atoms with E-state index in [1.54, 1.807) is 17.0 Å². The van der Waals surface area contributed by atoms with Crippen LogP contribution in [0, 0.1) is 0 Å². The van der Waals surface area contributed by atoms with Gasteiger partial charge >= 0.3 is 0 Å². The molecular formula is C33H45N3O9S. The first kappa shape index (κ1) is 35.3. The van der Waals surface area contributed by atoms with E-state index in [0.29, 0.717) is 57.7 Å². The lowest BCUT2D eigenvalue weighted by Crippen LogP contribution is -2.43. The molecule has 2 aromatic rings. The van der Waals surface area contributed by atoms with E-state index >= 15 is 0 Å². The van der Waals surface area contributed by atoms with Gasteiger partial charge in [-0.2, -0.15) is 0 Å². The second kappa shape index (κ2) is 16.9. The zero-order chi connectivity index (χ0) is 33.1. The lowest BCUT2D eigenvalue weighted by atomic mass is 9.81. The highest BCUT2D eigenvalue weighted by molar-refractivity contribution is 7.93. The third-order valence-electron chi connectivity index (χ3n) is 8.52. The number of nitrogens with zero attached hydrogens (tertiary/aromatic N) is 2. The Morgan fingerprint density at radius 1 is 1.17 bits per heavy atom. The number of ether oxygens (including phenoxy) is 3. The molecular weight excluding hydrogens is 614 g/mol. The first-order valence-corrected chi connectivity index (χ1v) is 17.3. The quantitative estimate of drug-likeness (QED) is 0.205. The predicted molar refractivity (Wildman–Crippen MR) is 172 cm³/mol. The summed E-state index contributed by atoms with van der Waals surface area (Å²) in [4.78, 5) is 38.6. The van der Waals surface area contributed by atoms with Gasteiger partial charge < -0.3 is 29.5 Å². The fourth-order valence-electron chi connectivity index (χ4n) is 5.92. The highest BCUT2D eigenvalue weighted by atomic mass is 32.2. The van der Waals surface area contributed by atoms with Gasteiger partial charge in [-0.25, -0.2) is 12.7 Å². The maximum atomic E-state index is 14.0. The average Bonchev–Trinajstić information content (AvgIpc) is 3.06. The Morgan fingerprint density at radius 2 is 1.96 bits per heavy atom. The van der Waals surface area contributed by atoms with Crippen LogP contribution in [0.25, 0.3) is 0 Å². The van der Waals surface area contributed by atoms with E-state index in [9.17, 15) is 27.9 Å². The van der Waals surface area contributed by atoms with Gasteiger partial charge in [-0.1, -0.05) is 25.5 Å². The van der Waals surface area contributed by atoms with E-state index in [4.69, 9.17) is 14.2 Å². The van der Waals surface area contributed by atoms with Gasteiger partial charge in [0.1, 0.15) is 17.3 Å². The van der Waals surface area contributed by atoms with Crippen LogP contribution in [0.15, 0.2) is 41.3 Å². The van der Waals surface area contributed by atoms with Crippen molar-refractivity contribution in [3.63, 3.8) is 0 Å². The first-order valence-electron chi connectivity index (χ1n) is 15.9. The third kappa shape index (κ3) is 8.64. The minimum atomic E-state index is -4.44. The second-order valence-electron chi connectivity index (χ2n) is 11.5. The molecule has 0 aromatic heterocycles. The number of morpholine rings is 1. The number of amides is 3. The van der Waals surface area contributed by atoms with Gasteiger partial charge in [0.25, 0.3) is 15.9 Å². The van der Waals surface area contributed by atoms with Crippen molar-refractivity contribution in [3.8, 4) is 5.75 Å².